The average molecular weight is 817 g/mol. The van der Waals surface area contributed by atoms with Crippen molar-refractivity contribution in [2.45, 2.75) is 74.4 Å². The van der Waals surface area contributed by atoms with Gasteiger partial charge in [0, 0.05) is 43.9 Å². The molecule has 4 rings (SSSR count). The number of aldehydes is 1. The molecular formula is C41H52N8O8S. The summed E-state index contributed by atoms with van der Waals surface area (Å²) in [5, 5.41) is 10.1. The van der Waals surface area contributed by atoms with Gasteiger partial charge in [-0.05, 0) is 61.1 Å². The fourth-order valence-corrected chi connectivity index (χ4v) is 7.18. The third-order valence-electron chi connectivity index (χ3n) is 9.32. The molecule has 1 aliphatic heterocycles. The van der Waals surface area contributed by atoms with Gasteiger partial charge in [-0.2, -0.15) is 0 Å². The Bertz CT molecular complexity index is 1850. The van der Waals surface area contributed by atoms with Crippen LogP contribution in [-0.2, 0) is 41.7 Å². The fourth-order valence-electron chi connectivity index (χ4n) is 5.89. The largest absolute Gasteiger partial charge is 0.412 e. The molecule has 58 heavy (non-hydrogen) atoms. The van der Waals surface area contributed by atoms with Gasteiger partial charge in [0.1, 0.15) is 17.6 Å². The Morgan fingerprint density at radius 3 is 2.21 bits per heavy atom. The average Bonchev–Trinajstić information content (AvgIpc) is 3.49. The number of nitrogens with zero attached hydrogens (tertiary/aromatic N) is 1. The maximum absolute atomic E-state index is 13.0. The van der Waals surface area contributed by atoms with E-state index in [-0.39, 0.29) is 86.4 Å². The van der Waals surface area contributed by atoms with Crippen LogP contribution < -0.4 is 43.2 Å². The van der Waals surface area contributed by atoms with Crippen molar-refractivity contribution in [3.63, 3.8) is 0 Å². The van der Waals surface area contributed by atoms with Crippen LogP contribution in [0, 0.1) is 0 Å². The number of ether oxygens (including phenoxy) is 1. The summed E-state index contributed by atoms with van der Waals surface area (Å²) in [6.07, 6.45) is 2.10. The number of carbonyl (C=O) groups is 7. The van der Waals surface area contributed by atoms with E-state index in [0.717, 1.165) is 22.9 Å². The first-order valence-electron chi connectivity index (χ1n) is 19.1. The van der Waals surface area contributed by atoms with E-state index in [1.165, 1.54) is 4.90 Å². The highest BCUT2D eigenvalue weighted by atomic mass is 32.2. The third-order valence-corrected chi connectivity index (χ3v) is 10.8. The molecule has 0 aliphatic carbocycles. The summed E-state index contributed by atoms with van der Waals surface area (Å²) in [5.74, 6) is -1.39. The van der Waals surface area contributed by atoms with Crippen molar-refractivity contribution >= 4 is 59.4 Å². The van der Waals surface area contributed by atoms with Gasteiger partial charge in [-0.3, -0.25) is 28.9 Å². The van der Waals surface area contributed by atoms with E-state index < -0.39 is 29.0 Å². The minimum Gasteiger partial charge on any atom is -0.410 e. The molecule has 10 N–H and O–H groups in total. The number of anilines is 1. The molecule has 0 aromatic heterocycles. The van der Waals surface area contributed by atoms with E-state index in [1.807, 2.05) is 48.5 Å². The normalized spacial score (nSPS) is 15.8. The van der Waals surface area contributed by atoms with Gasteiger partial charge in [-0.15, -0.1) is 11.8 Å². The topological polar surface area (TPSA) is 258 Å². The highest BCUT2D eigenvalue weighted by molar-refractivity contribution is 8.00. The summed E-state index contributed by atoms with van der Waals surface area (Å²) >= 11 is 1.13. The first-order valence-corrected chi connectivity index (χ1v) is 20.1. The number of imide groups is 1. The minimum atomic E-state index is -1.39. The van der Waals surface area contributed by atoms with Crippen LogP contribution in [0.4, 0.5) is 10.5 Å². The molecule has 0 saturated carbocycles. The van der Waals surface area contributed by atoms with Crippen LogP contribution in [-0.4, -0.2) is 95.1 Å². The number of hydrogen-bond acceptors (Lipinski definition) is 12. The Balaban J connectivity index is 1.05. The number of nitrogens with one attached hydrogen (secondary N) is 4. The van der Waals surface area contributed by atoms with Crippen LogP contribution in [0.3, 0.4) is 0 Å². The van der Waals surface area contributed by atoms with E-state index in [0.29, 0.717) is 37.8 Å². The third kappa shape index (κ3) is 14.4. The molecular weight excluding hydrogens is 765 g/mol. The molecule has 310 valence electrons. The summed E-state index contributed by atoms with van der Waals surface area (Å²) in [6, 6.07) is 23.1. The predicted octanol–water partition coefficient (Wildman–Crippen LogP) is 1.75. The molecule has 1 heterocycles. The summed E-state index contributed by atoms with van der Waals surface area (Å²) < 4.78 is 5.28. The SMILES string of the molecule is NC[C@@](C=O)(CSC1CC(=O)N(Cc2ccccc2)C1=O)NC(=O)CCCCCNC(=O)[C@@H](N)CCNC(=O)Oc1ccc(C[C@H](N)C(=O)Nc2ccccc2)cc1. The number of thioether (sulfide) groups is 1. The molecule has 1 saturated heterocycles. The number of carbonyl (C=O) groups excluding carboxylic acids is 7. The van der Waals surface area contributed by atoms with Crippen LogP contribution in [0.2, 0.25) is 0 Å². The number of likely N-dealkylation sites (tertiary alicyclic amines) is 1. The van der Waals surface area contributed by atoms with Crippen molar-refractivity contribution in [3.05, 3.63) is 96.1 Å². The first-order chi connectivity index (χ1) is 27.9. The molecule has 0 spiro atoms. The smallest absolute Gasteiger partial charge is 0.410 e. The van der Waals surface area contributed by atoms with Gasteiger partial charge in [-0.1, -0.05) is 67.1 Å². The number of benzene rings is 3. The van der Waals surface area contributed by atoms with Crippen molar-refractivity contribution in [3.8, 4) is 5.75 Å². The van der Waals surface area contributed by atoms with Crippen molar-refractivity contribution in [1.29, 1.82) is 0 Å². The quantitative estimate of drug-likeness (QED) is 0.0411. The lowest BCUT2D eigenvalue weighted by Crippen LogP contribution is -2.57. The summed E-state index contributed by atoms with van der Waals surface area (Å²) in [7, 11) is 0. The Kier molecular flexibility index (Phi) is 17.8. The lowest BCUT2D eigenvalue weighted by Gasteiger charge is -2.28. The minimum absolute atomic E-state index is 0.00539. The lowest BCUT2D eigenvalue weighted by atomic mass is 10.0. The van der Waals surface area contributed by atoms with E-state index in [1.54, 1.807) is 36.4 Å². The Hall–Kier alpha value is -5.62. The molecule has 1 fully saturated rings. The Labute approximate surface area is 341 Å². The van der Waals surface area contributed by atoms with E-state index in [4.69, 9.17) is 21.9 Å². The molecule has 1 aliphatic rings. The van der Waals surface area contributed by atoms with Gasteiger partial charge in [0.2, 0.25) is 29.5 Å². The van der Waals surface area contributed by atoms with Crippen molar-refractivity contribution < 1.29 is 38.3 Å². The van der Waals surface area contributed by atoms with Gasteiger partial charge in [-0.25, -0.2) is 4.79 Å². The number of hydrogen-bond donors (Lipinski definition) is 7. The zero-order valence-electron chi connectivity index (χ0n) is 32.2. The molecule has 3 aromatic carbocycles. The first kappa shape index (κ1) is 45.1. The van der Waals surface area contributed by atoms with E-state index in [9.17, 15) is 33.6 Å². The highest BCUT2D eigenvalue weighted by Gasteiger charge is 2.41. The number of nitrogens with two attached hydrogens (primary N) is 3. The van der Waals surface area contributed by atoms with Crippen LogP contribution >= 0.6 is 11.8 Å². The Morgan fingerprint density at radius 1 is 0.845 bits per heavy atom. The highest BCUT2D eigenvalue weighted by Crippen LogP contribution is 2.29. The lowest BCUT2D eigenvalue weighted by molar-refractivity contribution is -0.139. The number of rotatable bonds is 23. The molecule has 1 unspecified atom stereocenters. The van der Waals surface area contributed by atoms with Crippen molar-refractivity contribution in [2.75, 3.05) is 30.7 Å². The van der Waals surface area contributed by atoms with Crippen LogP contribution in [0.1, 0.15) is 49.7 Å². The van der Waals surface area contributed by atoms with Gasteiger partial charge >= 0.3 is 6.09 Å². The monoisotopic (exact) mass is 816 g/mol. The van der Waals surface area contributed by atoms with Gasteiger partial charge in [0.15, 0.2) is 0 Å². The van der Waals surface area contributed by atoms with Gasteiger partial charge in [0.25, 0.3) is 0 Å². The maximum atomic E-state index is 13.0. The standard InChI is InChI=1S/C41H52N8O8S/c42-25-41(26-50,27-58-34-23-36(52)49(39(34)55)24-29-10-4-1-5-11-29)48-35(51)14-8-3-9-20-45-37(53)32(43)19-21-46-40(56)57-31-17-15-28(16-18-31)22-33(44)38(54)47-30-12-6-2-7-13-30/h1-2,4-7,10-13,15-18,26,32-34H,3,8-9,14,19-25,27,42-44H2,(H,45,53)(H,46,56)(H,47,54)(H,48,51)/t32-,33-,34?,41+/m0/s1. The number of amides is 6. The zero-order valence-corrected chi connectivity index (χ0v) is 33.0. The predicted molar refractivity (Wildman–Crippen MR) is 220 cm³/mol. The van der Waals surface area contributed by atoms with Crippen molar-refractivity contribution in [1.82, 2.24) is 20.9 Å². The number of para-hydroxylation sites is 1. The molecule has 4 atom stereocenters. The second-order valence-electron chi connectivity index (χ2n) is 14.0. The van der Waals surface area contributed by atoms with Gasteiger partial charge < -0.3 is 48.0 Å². The second-order valence-corrected chi connectivity index (χ2v) is 15.1. The molecule has 0 bridgehead atoms. The molecule has 0 radical (unpaired) electrons. The number of unbranched alkanes of at least 4 members (excludes halogenated alkanes) is 2. The van der Waals surface area contributed by atoms with Crippen LogP contribution in [0.15, 0.2) is 84.9 Å². The molecule has 17 heteroatoms. The summed E-state index contributed by atoms with van der Waals surface area (Å²) in [5.41, 5.74) is 18.8. The van der Waals surface area contributed by atoms with Crippen molar-refractivity contribution in [2.24, 2.45) is 17.2 Å². The molecule has 6 amide bonds. The van der Waals surface area contributed by atoms with Gasteiger partial charge in [0.05, 0.1) is 23.9 Å². The fraction of sp³-hybridized carbons (Fsp3) is 0.390. The van der Waals surface area contributed by atoms with E-state index >= 15 is 0 Å². The van der Waals surface area contributed by atoms with Crippen LogP contribution in [0.5, 0.6) is 5.75 Å². The summed E-state index contributed by atoms with van der Waals surface area (Å²) in [6.45, 7) is 0.419. The second kappa shape index (κ2) is 23.0. The maximum Gasteiger partial charge on any atom is 0.412 e. The van der Waals surface area contributed by atoms with Crippen LogP contribution in [0.25, 0.3) is 0 Å². The summed E-state index contributed by atoms with van der Waals surface area (Å²) in [4.78, 5) is 88.7. The molecule has 3 aromatic rings. The Morgan fingerprint density at radius 2 is 1.53 bits per heavy atom. The molecule has 16 nitrogen and oxygen atoms in total. The van der Waals surface area contributed by atoms with E-state index in [2.05, 4.69) is 21.3 Å². The zero-order chi connectivity index (χ0) is 41.9.